The largest absolute Gasteiger partial charge is 0.462 e. The fourth-order valence-corrected chi connectivity index (χ4v) is 14.5. The lowest BCUT2D eigenvalue weighted by atomic mass is 10.1. The zero-order valence-corrected chi connectivity index (χ0v) is 54.8. The van der Waals surface area contributed by atoms with Crippen LogP contribution in [-0.4, -0.2) is 135 Å². The first-order chi connectivity index (χ1) is 38.7. The van der Waals surface area contributed by atoms with Crippen molar-refractivity contribution in [3.05, 3.63) is 0 Å². The van der Waals surface area contributed by atoms with Crippen molar-refractivity contribution in [1.29, 1.82) is 0 Å². The van der Waals surface area contributed by atoms with E-state index in [4.69, 9.17) is 28.4 Å². The van der Waals surface area contributed by atoms with Crippen molar-refractivity contribution in [3.63, 3.8) is 0 Å². The van der Waals surface area contributed by atoms with Gasteiger partial charge in [-0.1, -0.05) is 259 Å². The van der Waals surface area contributed by atoms with E-state index in [1.807, 2.05) is 0 Å². The van der Waals surface area contributed by atoms with E-state index in [0.717, 1.165) is 17.3 Å². The molecule has 13 nitrogen and oxygen atoms in total. The third kappa shape index (κ3) is 62.8. The second-order valence-corrected chi connectivity index (χ2v) is 28.2. The molecule has 0 bridgehead atoms. The third-order valence-corrected chi connectivity index (χ3v) is 20.4. The van der Waals surface area contributed by atoms with Gasteiger partial charge in [-0.25, -0.2) is 0 Å². The first-order valence-electron chi connectivity index (χ1n) is 31.1. The molecule has 0 fully saturated rings. The summed E-state index contributed by atoms with van der Waals surface area (Å²) < 4.78 is 31.7. The molecule has 464 valence electrons. The van der Waals surface area contributed by atoms with Gasteiger partial charge in [-0.3, -0.25) is 28.8 Å². The van der Waals surface area contributed by atoms with Crippen LogP contribution in [-0.2, 0) is 57.2 Å². The topological polar surface area (TPSA) is 161 Å². The maximum Gasteiger partial charge on any atom is 0.307 e. The third-order valence-electron chi connectivity index (χ3n) is 12.9. The van der Waals surface area contributed by atoms with Gasteiger partial charge in [-0.05, 0) is 19.3 Å². The Hall–Kier alpha value is -1.12. The van der Waals surface area contributed by atoms with Crippen LogP contribution < -0.4 is 0 Å². The Bertz CT molecular complexity index is 1260. The van der Waals surface area contributed by atoms with Gasteiger partial charge < -0.3 is 33.3 Å². The van der Waals surface area contributed by atoms with Gasteiger partial charge in [0.1, 0.15) is 39.6 Å². The molecule has 0 aliphatic carbocycles. The van der Waals surface area contributed by atoms with E-state index in [1.165, 1.54) is 193 Å². The van der Waals surface area contributed by atoms with Crippen LogP contribution in [0, 0.1) is 0 Å². The molecule has 0 amide bonds. The average molecular weight is 1230 g/mol. The first-order valence-corrected chi connectivity index (χ1v) is 38.6. The highest BCUT2D eigenvalue weighted by Gasteiger charge is 2.16. The minimum absolute atomic E-state index is 0.0247. The summed E-state index contributed by atoms with van der Waals surface area (Å²) in [4.78, 5) is 76.5. The summed E-state index contributed by atoms with van der Waals surface area (Å²) in [5.41, 5.74) is 0. The fraction of sp³-hybridized carbons (Fsp3) is 0.900. The van der Waals surface area contributed by atoms with Gasteiger partial charge in [0.05, 0.1) is 38.5 Å². The lowest BCUT2D eigenvalue weighted by Crippen LogP contribution is -2.32. The smallest absolute Gasteiger partial charge is 0.307 e. The van der Waals surface area contributed by atoms with Crippen molar-refractivity contribution >= 4 is 101 Å². The van der Waals surface area contributed by atoms with Gasteiger partial charge in [0, 0.05) is 54.2 Å². The highest BCUT2D eigenvalue weighted by molar-refractivity contribution is 8.77. The summed E-state index contributed by atoms with van der Waals surface area (Å²) in [6.07, 6.45) is 40.2. The summed E-state index contributed by atoms with van der Waals surface area (Å²) in [5.74, 6) is 2.69. The Morgan fingerprint density at radius 1 is 0.241 bits per heavy atom. The molecule has 0 radical (unpaired) electrons. The first kappa shape index (κ1) is 77.9. The molecule has 0 spiro atoms. The Kier molecular flexibility index (Phi) is 63.5. The lowest BCUT2D eigenvalue weighted by molar-refractivity contribution is -0.153. The second kappa shape index (κ2) is 64.4. The van der Waals surface area contributed by atoms with E-state index in [9.17, 15) is 28.8 Å². The predicted octanol–water partition coefficient (Wildman–Crippen LogP) is 16.8. The number of hydrogen-bond acceptors (Lipinski definition) is 19. The maximum atomic E-state index is 12.7. The Morgan fingerprint density at radius 3 is 0.633 bits per heavy atom. The van der Waals surface area contributed by atoms with Crippen LogP contribution in [0.15, 0.2) is 0 Å². The summed E-state index contributed by atoms with van der Waals surface area (Å²) >= 11 is 0. The molecular weight excluding hydrogens is 1120 g/mol. The Morgan fingerprint density at radius 2 is 0.418 bits per heavy atom. The standard InChI is InChI=1S/C60H111NO12S6/c1-4-7-10-13-16-19-22-25-28-31-49-74-77-52-37-58(65)71-46-43-68-55(62)34-40-61(41-35-56(63)69-44-47-72-59(66)38-53-78-75-50-32-29-26-23-20-17-14-11-8-5-2)42-36-57(64)70-45-48-73-60(67)39-54-79-76-51-33-30-27-24-21-18-15-12-9-6-3/h4-54H2,1-3H3. The highest BCUT2D eigenvalue weighted by Crippen LogP contribution is 2.26. The lowest BCUT2D eigenvalue weighted by Gasteiger charge is -2.21. The van der Waals surface area contributed by atoms with Gasteiger partial charge in [-0.15, -0.1) is 0 Å². The minimum Gasteiger partial charge on any atom is -0.462 e. The van der Waals surface area contributed by atoms with Crippen molar-refractivity contribution in [2.24, 2.45) is 0 Å². The highest BCUT2D eigenvalue weighted by atomic mass is 33.1. The van der Waals surface area contributed by atoms with E-state index in [1.54, 1.807) is 69.7 Å². The van der Waals surface area contributed by atoms with Crippen molar-refractivity contribution in [2.75, 3.05) is 93.8 Å². The molecule has 0 aromatic heterocycles. The summed E-state index contributed by atoms with van der Waals surface area (Å²) in [7, 11) is 10.4. The number of nitrogens with zero attached hydrogens (tertiary/aromatic N) is 1. The number of esters is 6. The summed E-state index contributed by atoms with van der Waals surface area (Å²) in [5, 5.41) is 0. The molecule has 0 aromatic carbocycles. The van der Waals surface area contributed by atoms with E-state index >= 15 is 0 Å². The summed E-state index contributed by atoms with van der Waals surface area (Å²) in [6, 6.07) is 0. The molecule has 0 N–H and O–H groups in total. The molecule has 0 saturated carbocycles. The predicted molar refractivity (Wildman–Crippen MR) is 340 cm³/mol. The van der Waals surface area contributed by atoms with Crippen LogP contribution in [0.25, 0.3) is 0 Å². The number of hydrogen-bond donors (Lipinski definition) is 0. The number of rotatable bonds is 63. The molecule has 0 aromatic rings. The van der Waals surface area contributed by atoms with Crippen molar-refractivity contribution in [2.45, 2.75) is 252 Å². The number of unbranched alkanes of at least 4 members (excludes halogenated alkanes) is 27. The van der Waals surface area contributed by atoms with Gasteiger partial charge in [-0.2, -0.15) is 0 Å². The number of carbonyl (C=O) groups excluding carboxylic acids is 6. The van der Waals surface area contributed by atoms with Crippen LogP contribution in [0.5, 0.6) is 0 Å². The molecule has 19 heteroatoms. The SMILES string of the molecule is CCCCCCCCCCCCSSCCC(=O)OCCOC(=O)CCN(CCC(=O)OCCOC(=O)CCSSCCCCCCCCCCCC)CCC(=O)OCCOC(=O)CCSSCCCCCCCCCCCC. The zero-order chi connectivity index (χ0) is 57.6. The molecule has 0 aliphatic heterocycles. The normalized spacial score (nSPS) is 11.2. The van der Waals surface area contributed by atoms with Crippen LogP contribution in [0.2, 0.25) is 0 Å². The van der Waals surface area contributed by atoms with Gasteiger partial charge in [0.15, 0.2) is 0 Å². The van der Waals surface area contributed by atoms with Crippen molar-refractivity contribution < 1.29 is 57.2 Å². The van der Waals surface area contributed by atoms with Gasteiger partial charge >= 0.3 is 35.8 Å². The van der Waals surface area contributed by atoms with Gasteiger partial charge in [0.2, 0.25) is 0 Å². The molecule has 0 unspecified atom stereocenters. The molecule has 0 rings (SSSR count). The summed E-state index contributed by atoms with van der Waals surface area (Å²) in [6.45, 7) is 6.97. The average Bonchev–Trinajstić information content (AvgIpc) is 3.44. The molecule has 0 aliphatic rings. The van der Waals surface area contributed by atoms with Crippen LogP contribution in [0.1, 0.15) is 252 Å². The monoisotopic (exact) mass is 1230 g/mol. The van der Waals surface area contributed by atoms with E-state index in [-0.39, 0.29) is 116 Å². The fourth-order valence-electron chi connectivity index (χ4n) is 8.12. The molecule has 0 heterocycles. The zero-order valence-electron chi connectivity index (χ0n) is 49.9. The minimum atomic E-state index is -0.508. The van der Waals surface area contributed by atoms with Crippen LogP contribution >= 0.6 is 64.8 Å². The number of ether oxygens (including phenoxy) is 6. The second-order valence-electron chi connectivity index (χ2n) is 20.1. The number of carbonyl (C=O) groups is 6. The molecule has 79 heavy (non-hydrogen) atoms. The van der Waals surface area contributed by atoms with Crippen LogP contribution in [0.4, 0.5) is 0 Å². The van der Waals surface area contributed by atoms with Gasteiger partial charge in [0.25, 0.3) is 0 Å². The van der Waals surface area contributed by atoms with Crippen molar-refractivity contribution in [3.8, 4) is 0 Å². The Labute approximate surface area is 505 Å². The molecule has 0 atom stereocenters. The molecule has 0 saturated heterocycles. The quantitative estimate of drug-likeness (QED) is 0.0244. The van der Waals surface area contributed by atoms with E-state index in [2.05, 4.69) is 20.8 Å². The molecular formula is C60H111NO12S6. The van der Waals surface area contributed by atoms with E-state index < -0.39 is 17.9 Å². The Balaban J connectivity index is 4.49. The van der Waals surface area contributed by atoms with Crippen molar-refractivity contribution in [1.82, 2.24) is 4.90 Å². The van der Waals surface area contributed by atoms with E-state index in [0.29, 0.717) is 17.3 Å². The maximum absolute atomic E-state index is 12.7. The van der Waals surface area contributed by atoms with Crippen LogP contribution in [0.3, 0.4) is 0 Å².